The molecule has 2 fully saturated rings. The van der Waals surface area contributed by atoms with Crippen LogP contribution >= 0.6 is 0 Å². The van der Waals surface area contributed by atoms with Crippen molar-refractivity contribution in [3.8, 4) is 0 Å². The maximum absolute atomic E-state index is 13.0. The Hall–Kier alpha value is -2.20. The maximum Gasteiger partial charge on any atom is 0.389 e. The first-order valence-corrected chi connectivity index (χ1v) is 9.55. The molecule has 0 saturated carbocycles. The third kappa shape index (κ3) is 2.91. The van der Waals surface area contributed by atoms with Crippen LogP contribution in [0.2, 0.25) is 0 Å². The van der Waals surface area contributed by atoms with Crippen molar-refractivity contribution in [1.82, 2.24) is 20.0 Å². The summed E-state index contributed by atoms with van der Waals surface area (Å²) in [5.74, 6) is -7.64. The molecule has 9 N–H and O–H groups in total. The molecule has 2 aliphatic rings. The molecule has 2 atom stereocenters. The zero-order chi connectivity index (χ0) is 23.0. The van der Waals surface area contributed by atoms with Gasteiger partial charge in [0, 0.05) is 5.39 Å². The van der Waals surface area contributed by atoms with Crippen LogP contribution in [-0.4, -0.2) is 97.9 Å². The summed E-state index contributed by atoms with van der Waals surface area (Å²) in [6, 6.07) is 3.37. The zero-order valence-corrected chi connectivity index (χ0v) is 16.4. The minimum atomic E-state index is -3.46. The second-order valence-electron chi connectivity index (χ2n) is 8.12. The fourth-order valence-corrected chi connectivity index (χ4v) is 4.72. The highest BCUT2D eigenvalue weighted by molar-refractivity contribution is 6.05. The van der Waals surface area contributed by atoms with Gasteiger partial charge < -0.3 is 46.2 Å². The van der Waals surface area contributed by atoms with Gasteiger partial charge in [-0.25, -0.2) is 0 Å². The number of hydrogen-bond donors (Lipinski definition) is 9. The molecule has 13 heteroatoms. The van der Waals surface area contributed by atoms with Crippen molar-refractivity contribution in [2.75, 3.05) is 7.05 Å². The number of likely N-dealkylation sites (N-methyl/N-ethyl adjacent to an activating group) is 1. The Morgan fingerprint density at radius 1 is 1.06 bits per heavy atom. The minimum absolute atomic E-state index is 0.00112. The molecule has 4 rings (SSSR count). The Morgan fingerprint density at radius 2 is 1.61 bits per heavy atom. The van der Waals surface area contributed by atoms with E-state index in [1.54, 1.807) is 0 Å². The lowest BCUT2D eigenvalue weighted by Crippen LogP contribution is -2.89. The minimum Gasteiger partial charge on any atom is -0.362 e. The highest BCUT2D eigenvalue weighted by atomic mass is 16.7. The Morgan fingerprint density at radius 3 is 2.16 bits per heavy atom. The molecule has 1 amide bonds. The second-order valence-corrected chi connectivity index (χ2v) is 8.12. The van der Waals surface area contributed by atoms with Crippen LogP contribution in [0.3, 0.4) is 0 Å². The summed E-state index contributed by atoms with van der Waals surface area (Å²) in [6.45, 7) is 0. The molecule has 1 aromatic heterocycles. The van der Waals surface area contributed by atoms with Crippen molar-refractivity contribution in [1.29, 1.82) is 0 Å². The van der Waals surface area contributed by atoms with E-state index in [4.69, 9.17) is 0 Å². The van der Waals surface area contributed by atoms with Gasteiger partial charge >= 0.3 is 6.10 Å². The molecule has 170 valence electrons. The van der Waals surface area contributed by atoms with E-state index in [0.717, 1.165) is 0 Å². The van der Waals surface area contributed by atoms with Crippen molar-refractivity contribution in [2.45, 2.75) is 54.7 Å². The van der Waals surface area contributed by atoms with Gasteiger partial charge in [0.15, 0.2) is 5.69 Å². The molecule has 0 radical (unpaired) electrons. The summed E-state index contributed by atoms with van der Waals surface area (Å²) in [5, 5.41) is 88.1. The molecule has 0 spiro atoms. The smallest absolute Gasteiger partial charge is 0.362 e. The number of fused-ring (bicyclic) bond motifs is 3. The SMILES string of the molecule is CN1C2CCCC1C(O)(O)C(O)(NC(=O)c1nn(C(O)(O)O)c3ccccc13)C2(O)O. The first-order valence-electron chi connectivity index (χ1n) is 9.55. The molecule has 2 saturated heterocycles. The van der Waals surface area contributed by atoms with E-state index in [1.807, 2.05) is 5.32 Å². The van der Waals surface area contributed by atoms with Crippen molar-refractivity contribution < 1.29 is 45.6 Å². The number of carbonyl (C=O) groups excluding carboxylic acids is 1. The number of aliphatic hydroxyl groups is 8. The average Bonchev–Trinajstić information content (AvgIpc) is 3.07. The van der Waals surface area contributed by atoms with Crippen LogP contribution in [0.1, 0.15) is 29.8 Å². The van der Waals surface area contributed by atoms with Gasteiger partial charge in [-0.2, -0.15) is 9.78 Å². The van der Waals surface area contributed by atoms with Crippen LogP contribution < -0.4 is 5.32 Å². The number of benzene rings is 1. The molecule has 31 heavy (non-hydrogen) atoms. The van der Waals surface area contributed by atoms with Crippen molar-refractivity contribution in [3.05, 3.63) is 30.0 Å². The van der Waals surface area contributed by atoms with Gasteiger partial charge in [-0.1, -0.05) is 18.2 Å². The van der Waals surface area contributed by atoms with Crippen LogP contribution in [0, 0.1) is 0 Å². The van der Waals surface area contributed by atoms with Crippen LogP contribution in [0.15, 0.2) is 24.3 Å². The lowest BCUT2D eigenvalue weighted by molar-refractivity contribution is -0.443. The molecule has 2 aromatic rings. The summed E-state index contributed by atoms with van der Waals surface area (Å²) < 4.78 is 0.320. The lowest BCUT2D eigenvalue weighted by Gasteiger charge is -2.62. The molecule has 2 bridgehead atoms. The van der Waals surface area contributed by atoms with E-state index in [2.05, 4.69) is 5.10 Å². The Bertz CT molecular complexity index is 1000. The Labute approximate surface area is 175 Å². The highest BCUT2D eigenvalue weighted by Crippen LogP contribution is 2.47. The molecule has 13 nitrogen and oxygen atoms in total. The predicted molar refractivity (Wildman–Crippen MR) is 100 cm³/mol. The van der Waals surface area contributed by atoms with Crippen LogP contribution in [0.25, 0.3) is 10.9 Å². The van der Waals surface area contributed by atoms with Crippen LogP contribution in [0.4, 0.5) is 0 Å². The molecule has 2 aliphatic heterocycles. The van der Waals surface area contributed by atoms with Gasteiger partial charge in [0.2, 0.25) is 11.6 Å². The standard InChI is InChI=1S/C18H24N4O9/c1-21-11-7-4-8-12(21)16(26,27)17(28,15(11,24)25)19-14(23)13-9-5-2-3-6-10(9)22(20-13)18(29,30)31/h2-3,5-6,11-12,24-31H,4,7-8H2,1H3,(H,19,23). The van der Waals surface area contributed by atoms with E-state index < -0.39 is 47.1 Å². The van der Waals surface area contributed by atoms with Gasteiger partial charge in [-0.05, 0) is 32.4 Å². The normalized spacial score (nSPS) is 30.4. The van der Waals surface area contributed by atoms with Crippen molar-refractivity contribution >= 4 is 16.8 Å². The quantitative estimate of drug-likeness (QED) is 0.211. The second kappa shape index (κ2) is 6.65. The number of rotatable bonds is 3. The highest BCUT2D eigenvalue weighted by Gasteiger charge is 2.74. The van der Waals surface area contributed by atoms with E-state index in [-0.39, 0.29) is 23.7 Å². The summed E-state index contributed by atoms with van der Waals surface area (Å²) in [7, 11) is 1.44. The molecular formula is C18H24N4O9. The van der Waals surface area contributed by atoms with E-state index >= 15 is 0 Å². The number of aromatic nitrogens is 2. The van der Waals surface area contributed by atoms with E-state index in [9.17, 15) is 45.6 Å². The molecule has 2 unspecified atom stereocenters. The lowest BCUT2D eigenvalue weighted by atomic mass is 9.71. The number of hydrogen-bond acceptors (Lipinski definition) is 11. The third-order valence-electron chi connectivity index (χ3n) is 6.31. The average molecular weight is 440 g/mol. The third-order valence-corrected chi connectivity index (χ3v) is 6.31. The van der Waals surface area contributed by atoms with Gasteiger partial charge in [0.05, 0.1) is 17.6 Å². The van der Waals surface area contributed by atoms with Crippen molar-refractivity contribution in [2.24, 2.45) is 0 Å². The van der Waals surface area contributed by atoms with E-state index in [0.29, 0.717) is 11.1 Å². The molecule has 1 aromatic carbocycles. The van der Waals surface area contributed by atoms with Crippen molar-refractivity contribution in [3.63, 3.8) is 0 Å². The summed E-state index contributed by atoms with van der Waals surface area (Å²) in [4.78, 5) is 14.3. The summed E-state index contributed by atoms with van der Waals surface area (Å²) in [6.07, 6.45) is -2.63. The molecular weight excluding hydrogens is 416 g/mol. The van der Waals surface area contributed by atoms with Gasteiger partial charge in [0.25, 0.3) is 11.6 Å². The molecule has 0 aliphatic carbocycles. The fourth-order valence-electron chi connectivity index (χ4n) is 4.72. The number of para-hydroxylation sites is 1. The molecule has 3 heterocycles. The topological polar surface area (TPSA) is 212 Å². The Balaban J connectivity index is 1.79. The van der Waals surface area contributed by atoms with Crippen LogP contribution in [-0.2, 0) is 6.10 Å². The Kier molecular flexibility index (Phi) is 4.72. The number of piperidine rings is 2. The summed E-state index contributed by atoms with van der Waals surface area (Å²) in [5.41, 5.74) is -3.97. The largest absolute Gasteiger partial charge is 0.389 e. The monoisotopic (exact) mass is 440 g/mol. The summed E-state index contributed by atoms with van der Waals surface area (Å²) >= 11 is 0. The van der Waals surface area contributed by atoms with Gasteiger partial charge in [-0.15, -0.1) is 0 Å². The maximum atomic E-state index is 13.0. The number of carbonyl (C=O) groups is 1. The number of nitrogens with one attached hydrogen (secondary N) is 1. The number of nitrogens with zero attached hydrogens (tertiary/aromatic N) is 3. The van der Waals surface area contributed by atoms with Crippen LogP contribution in [0.5, 0.6) is 0 Å². The zero-order valence-electron chi connectivity index (χ0n) is 16.4. The first kappa shape index (κ1) is 22.0. The van der Waals surface area contributed by atoms with Gasteiger partial charge in [-0.3, -0.25) is 9.69 Å². The van der Waals surface area contributed by atoms with E-state index in [1.165, 1.54) is 36.2 Å². The first-order chi connectivity index (χ1) is 14.2. The fraction of sp³-hybridized carbons (Fsp3) is 0.556. The van der Waals surface area contributed by atoms with Gasteiger partial charge in [0.1, 0.15) is 0 Å². The number of amides is 1. The predicted octanol–water partition coefficient (Wildman–Crippen LogP) is -3.77.